The van der Waals surface area contributed by atoms with E-state index < -0.39 is 0 Å². The van der Waals surface area contributed by atoms with Crippen molar-refractivity contribution in [1.29, 1.82) is 0 Å². The van der Waals surface area contributed by atoms with Crippen molar-refractivity contribution in [3.05, 3.63) is 70.7 Å². The molecule has 0 aliphatic carbocycles. The van der Waals surface area contributed by atoms with Gasteiger partial charge in [-0.1, -0.05) is 50.4 Å². The van der Waals surface area contributed by atoms with Crippen LogP contribution in [-0.2, 0) is 0 Å². The van der Waals surface area contributed by atoms with E-state index in [-0.39, 0.29) is 0 Å². The molecule has 4 aromatic heterocycles. The molecule has 4 rings (SSSR count). The summed E-state index contributed by atoms with van der Waals surface area (Å²) in [5, 5.41) is 0. The van der Waals surface area contributed by atoms with Crippen LogP contribution >= 0.6 is 22.7 Å². The molecular weight excluding hydrogens is 452 g/mol. The van der Waals surface area contributed by atoms with Gasteiger partial charge in [0, 0.05) is 35.0 Å². The topological polar surface area (TPSA) is 25.8 Å². The van der Waals surface area contributed by atoms with E-state index in [1.165, 1.54) is 22.6 Å². The summed E-state index contributed by atoms with van der Waals surface area (Å²) in [4.78, 5) is 13.8. The lowest BCUT2D eigenvalue weighted by Gasteiger charge is -2.05. The minimum absolute atomic E-state index is 0.875. The first kappa shape index (κ1) is 24.0. The lowest BCUT2D eigenvalue weighted by Crippen LogP contribution is -1.88. The molecule has 0 atom stereocenters. The zero-order valence-electron chi connectivity index (χ0n) is 19.7. The first-order valence-electron chi connectivity index (χ1n) is 11.9. The largest absolute Gasteiger partial charge is 0.255 e. The highest BCUT2D eigenvalue weighted by atomic mass is 32.1. The second-order valence-electron chi connectivity index (χ2n) is 8.00. The van der Waals surface area contributed by atoms with E-state index in [1.807, 2.05) is 12.4 Å². The third kappa shape index (κ3) is 6.45. The molecule has 0 unspecified atom stereocenters. The van der Waals surface area contributed by atoms with Gasteiger partial charge in [0.2, 0.25) is 0 Å². The van der Waals surface area contributed by atoms with E-state index in [0.29, 0.717) is 0 Å². The number of thiophene rings is 2. The number of rotatable bonds is 7. The van der Waals surface area contributed by atoms with E-state index in [4.69, 9.17) is 0 Å². The van der Waals surface area contributed by atoms with E-state index in [0.717, 1.165) is 58.0 Å². The Morgan fingerprint density at radius 2 is 1.12 bits per heavy atom. The molecule has 0 fully saturated rings. The van der Waals surface area contributed by atoms with E-state index in [2.05, 4.69) is 96.0 Å². The van der Waals surface area contributed by atoms with Crippen LogP contribution < -0.4 is 0 Å². The van der Waals surface area contributed by atoms with Crippen LogP contribution in [0.25, 0.3) is 32.3 Å². The van der Waals surface area contributed by atoms with Gasteiger partial charge in [-0.3, -0.25) is 9.97 Å². The van der Waals surface area contributed by atoms with Gasteiger partial charge in [-0.25, -0.2) is 0 Å². The molecule has 0 bridgehead atoms. The summed E-state index contributed by atoms with van der Waals surface area (Å²) in [6.45, 7) is 4.39. The number of aromatic nitrogens is 2. The molecule has 0 aliphatic heterocycles. The quantitative estimate of drug-likeness (QED) is 0.195. The van der Waals surface area contributed by atoms with Crippen LogP contribution in [0.15, 0.2) is 60.9 Å². The Balaban J connectivity index is 1.53. The van der Waals surface area contributed by atoms with Gasteiger partial charge in [0.1, 0.15) is 0 Å². The Morgan fingerprint density at radius 3 is 1.56 bits per heavy atom. The molecule has 0 amide bonds. The molecule has 170 valence electrons. The summed E-state index contributed by atoms with van der Waals surface area (Å²) in [6.07, 6.45) is 10.3. The van der Waals surface area contributed by atoms with Gasteiger partial charge in [0.05, 0.1) is 21.1 Å². The summed E-state index contributed by atoms with van der Waals surface area (Å²) in [5.41, 5.74) is 4.04. The summed E-state index contributed by atoms with van der Waals surface area (Å²) in [7, 11) is 0. The molecule has 4 heterocycles. The Hall–Kier alpha value is -3.18. The molecule has 4 aromatic rings. The van der Waals surface area contributed by atoms with Gasteiger partial charge >= 0.3 is 0 Å². The molecule has 0 aliphatic rings. The summed E-state index contributed by atoms with van der Waals surface area (Å²) >= 11 is 3.45. The molecule has 0 aromatic carbocycles. The van der Waals surface area contributed by atoms with Crippen LogP contribution in [0.5, 0.6) is 0 Å². The normalized spacial score (nSPS) is 10.3. The Bertz CT molecular complexity index is 1250. The number of nitrogens with zero attached hydrogens (tertiary/aromatic N) is 2. The van der Waals surface area contributed by atoms with E-state index >= 15 is 0 Å². The van der Waals surface area contributed by atoms with Crippen molar-refractivity contribution in [3.63, 3.8) is 0 Å². The Kier molecular flexibility index (Phi) is 8.69. The van der Waals surface area contributed by atoms with Crippen molar-refractivity contribution < 1.29 is 0 Å². The second kappa shape index (κ2) is 12.3. The lowest BCUT2D eigenvalue weighted by atomic mass is 10.1. The fourth-order valence-electron chi connectivity index (χ4n) is 3.40. The standard InChI is InChI=1S/C30H28N2S2/c1-3-5-7-9-11-25-13-15-29(33-25)23-17-19-31-27(21-23)28-22-24(18-20-32-28)30-16-14-26(34-30)12-10-8-6-4-2/h13-22H,3-8H2,1-2H3. The van der Waals surface area contributed by atoms with Crippen molar-refractivity contribution in [1.82, 2.24) is 9.97 Å². The van der Waals surface area contributed by atoms with Gasteiger partial charge < -0.3 is 0 Å². The van der Waals surface area contributed by atoms with Gasteiger partial charge in [-0.05, 0) is 72.5 Å². The predicted octanol–water partition coefficient (Wildman–Crippen LogP) is 8.68. The fourth-order valence-corrected chi connectivity index (χ4v) is 5.15. The summed E-state index contributed by atoms with van der Waals surface area (Å²) < 4.78 is 0. The number of hydrogen-bond donors (Lipinski definition) is 0. The molecule has 0 saturated carbocycles. The Labute approximate surface area is 211 Å². The minimum atomic E-state index is 0.875. The molecule has 4 heteroatoms. The smallest absolute Gasteiger partial charge is 0.0892 e. The monoisotopic (exact) mass is 480 g/mol. The highest BCUT2D eigenvalue weighted by molar-refractivity contribution is 7.16. The third-order valence-corrected chi connectivity index (χ3v) is 7.40. The Morgan fingerprint density at radius 1 is 0.647 bits per heavy atom. The third-order valence-electron chi connectivity index (χ3n) is 5.30. The lowest BCUT2D eigenvalue weighted by molar-refractivity contribution is 0.828. The van der Waals surface area contributed by atoms with Crippen LogP contribution in [-0.4, -0.2) is 9.97 Å². The van der Waals surface area contributed by atoms with Crippen molar-refractivity contribution in [2.24, 2.45) is 0 Å². The minimum Gasteiger partial charge on any atom is -0.255 e. The predicted molar refractivity (Wildman–Crippen MR) is 147 cm³/mol. The first-order valence-corrected chi connectivity index (χ1v) is 13.5. The molecule has 0 saturated heterocycles. The van der Waals surface area contributed by atoms with Gasteiger partial charge in [0.15, 0.2) is 0 Å². The zero-order chi connectivity index (χ0) is 23.6. The van der Waals surface area contributed by atoms with Gasteiger partial charge in [-0.2, -0.15) is 0 Å². The second-order valence-corrected chi connectivity index (χ2v) is 10.2. The molecule has 0 spiro atoms. The van der Waals surface area contributed by atoms with E-state index in [9.17, 15) is 0 Å². The maximum absolute atomic E-state index is 4.61. The summed E-state index contributed by atoms with van der Waals surface area (Å²) in [5.74, 6) is 13.1. The van der Waals surface area contributed by atoms with Crippen molar-refractivity contribution in [3.8, 4) is 56.0 Å². The zero-order valence-corrected chi connectivity index (χ0v) is 21.4. The van der Waals surface area contributed by atoms with Crippen LogP contribution in [0, 0.1) is 23.7 Å². The SMILES string of the molecule is CCCCC#Cc1ccc(-c2ccnc(-c3cc(-c4ccc(C#CCCCC)s4)ccn3)c2)s1. The number of hydrogen-bond acceptors (Lipinski definition) is 4. The van der Waals surface area contributed by atoms with Crippen LogP contribution in [0.4, 0.5) is 0 Å². The molecule has 34 heavy (non-hydrogen) atoms. The van der Waals surface area contributed by atoms with Crippen molar-refractivity contribution in [2.45, 2.75) is 52.4 Å². The van der Waals surface area contributed by atoms with Crippen LogP contribution in [0.1, 0.15) is 62.1 Å². The maximum Gasteiger partial charge on any atom is 0.0892 e. The molecule has 0 radical (unpaired) electrons. The van der Waals surface area contributed by atoms with Crippen molar-refractivity contribution >= 4 is 22.7 Å². The van der Waals surface area contributed by atoms with E-state index in [1.54, 1.807) is 22.7 Å². The highest BCUT2D eigenvalue weighted by Gasteiger charge is 2.09. The van der Waals surface area contributed by atoms with Gasteiger partial charge in [-0.15, -0.1) is 22.7 Å². The fraction of sp³-hybridized carbons (Fsp3) is 0.267. The number of pyridine rings is 2. The van der Waals surface area contributed by atoms with Crippen LogP contribution in [0.3, 0.4) is 0 Å². The maximum atomic E-state index is 4.61. The highest BCUT2D eigenvalue weighted by Crippen LogP contribution is 2.32. The molecule has 2 nitrogen and oxygen atoms in total. The summed E-state index contributed by atoms with van der Waals surface area (Å²) in [6, 6.07) is 16.8. The van der Waals surface area contributed by atoms with Crippen LogP contribution in [0.2, 0.25) is 0 Å². The van der Waals surface area contributed by atoms with Crippen molar-refractivity contribution in [2.75, 3.05) is 0 Å². The first-order chi connectivity index (χ1) is 16.8. The average Bonchev–Trinajstić information content (AvgIpc) is 3.55. The number of unbranched alkanes of at least 4 members (excludes halogenated alkanes) is 4. The van der Waals surface area contributed by atoms with Gasteiger partial charge in [0.25, 0.3) is 0 Å². The molecule has 0 N–H and O–H groups in total. The molecular formula is C30H28N2S2. The average molecular weight is 481 g/mol.